The number of rotatable bonds is 5. The SMILES string of the molecule is CC(C)(C(=O)NCN)C(=O)OCc1ccccc1.O=C(O)C(F)(F)F. The third-order valence-electron chi connectivity index (χ3n) is 2.80. The van der Waals surface area contributed by atoms with E-state index in [9.17, 15) is 22.8 Å². The lowest BCUT2D eigenvalue weighted by atomic mass is 9.92. The summed E-state index contributed by atoms with van der Waals surface area (Å²) in [5, 5.41) is 9.53. The van der Waals surface area contributed by atoms with Crippen molar-refractivity contribution in [2.24, 2.45) is 11.1 Å². The average molecular weight is 364 g/mol. The number of nitrogens with two attached hydrogens (primary N) is 1. The number of amides is 1. The van der Waals surface area contributed by atoms with Crippen LogP contribution in [0.3, 0.4) is 0 Å². The Balaban J connectivity index is 0.000000697. The number of esters is 1. The zero-order chi connectivity index (χ0) is 19.7. The van der Waals surface area contributed by atoms with Gasteiger partial charge in [0, 0.05) is 0 Å². The Morgan fingerprint density at radius 1 is 1.16 bits per heavy atom. The molecule has 1 amide bonds. The van der Waals surface area contributed by atoms with Gasteiger partial charge in [0.05, 0.1) is 6.67 Å². The number of carbonyl (C=O) groups excluding carboxylic acids is 2. The first-order valence-corrected chi connectivity index (χ1v) is 6.92. The van der Waals surface area contributed by atoms with Gasteiger partial charge in [0.1, 0.15) is 12.0 Å². The van der Waals surface area contributed by atoms with Crippen molar-refractivity contribution in [1.82, 2.24) is 5.32 Å². The summed E-state index contributed by atoms with van der Waals surface area (Å²) in [6, 6.07) is 9.29. The second-order valence-corrected chi connectivity index (χ2v) is 5.20. The molecule has 25 heavy (non-hydrogen) atoms. The average Bonchev–Trinajstić information content (AvgIpc) is 2.53. The summed E-state index contributed by atoms with van der Waals surface area (Å²) >= 11 is 0. The zero-order valence-electron chi connectivity index (χ0n) is 13.6. The van der Waals surface area contributed by atoms with Gasteiger partial charge >= 0.3 is 18.1 Å². The number of halogens is 3. The van der Waals surface area contributed by atoms with Crippen LogP contribution in [0, 0.1) is 5.41 Å². The van der Waals surface area contributed by atoms with Crippen molar-refractivity contribution in [2.45, 2.75) is 26.6 Å². The van der Waals surface area contributed by atoms with Crippen LogP contribution in [0.4, 0.5) is 13.2 Å². The fourth-order valence-corrected chi connectivity index (χ4v) is 1.31. The number of hydrogen-bond donors (Lipinski definition) is 3. The molecule has 10 heteroatoms. The Morgan fingerprint density at radius 3 is 2.04 bits per heavy atom. The fourth-order valence-electron chi connectivity index (χ4n) is 1.31. The van der Waals surface area contributed by atoms with Crippen LogP contribution in [-0.4, -0.2) is 35.8 Å². The van der Waals surface area contributed by atoms with Crippen molar-refractivity contribution in [3.05, 3.63) is 35.9 Å². The highest BCUT2D eigenvalue weighted by Crippen LogP contribution is 2.18. The number of aliphatic carboxylic acids is 1. The van der Waals surface area contributed by atoms with Crippen molar-refractivity contribution in [1.29, 1.82) is 0 Å². The highest BCUT2D eigenvalue weighted by molar-refractivity contribution is 6.01. The van der Waals surface area contributed by atoms with Gasteiger partial charge < -0.3 is 20.9 Å². The number of ether oxygens (including phenoxy) is 1. The van der Waals surface area contributed by atoms with Gasteiger partial charge in [-0.25, -0.2) is 4.79 Å². The van der Waals surface area contributed by atoms with Crippen molar-refractivity contribution in [3.8, 4) is 0 Å². The number of nitrogens with one attached hydrogen (secondary N) is 1. The molecule has 0 radical (unpaired) electrons. The van der Waals surface area contributed by atoms with Gasteiger partial charge in [0.2, 0.25) is 5.91 Å². The molecule has 0 aliphatic heterocycles. The molecule has 7 nitrogen and oxygen atoms in total. The van der Waals surface area contributed by atoms with Crippen molar-refractivity contribution in [2.75, 3.05) is 6.67 Å². The molecule has 0 unspecified atom stereocenters. The molecule has 4 N–H and O–H groups in total. The Labute approximate surface area is 142 Å². The predicted molar refractivity (Wildman–Crippen MR) is 80.9 cm³/mol. The van der Waals surface area contributed by atoms with E-state index < -0.39 is 29.4 Å². The van der Waals surface area contributed by atoms with Crippen molar-refractivity contribution < 1.29 is 37.4 Å². The van der Waals surface area contributed by atoms with Crippen LogP contribution in [0.25, 0.3) is 0 Å². The van der Waals surface area contributed by atoms with E-state index in [1.165, 1.54) is 13.8 Å². The van der Waals surface area contributed by atoms with Gasteiger partial charge in [0.15, 0.2) is 0 Å². The van der Waals surface area contributed by atoms with Gasteiger partial charge in [0.25, 0.3) is 0 Å². The van der Waals surface area contributed by atoms with Gasteiger partial charge in [-0.3, -0.25) is 9.59 Å². The van der Waals surface area contributed by atoms with E-state index in [4.69, 9.17) is 20.4 Å². The number of carboxylic acids is 1. The molecule has 140 valence electrons. The number of alkyl halides is 3. The molecule has 0 heterocycles. The lowest BCUT2D eigenvalue weighted by Crippen LogP contribution is -2.45. The predicted octanol–water partition coefficient (Wildman–Crippen LogP) is 1.42. The molecule has 1 rings (SSSR count). The monoisotopic (exact) mass is 364 g/mol. The molecule has 0 atom stereocenters. The van der Waals surface area contributed by atoms with Crippen LogP contribution in [-0.2, 0) is 25.7 Å². The van der Waals surface area contributed by atoms with Crippen LogP contribution in [0.5, 0.6) is 0 Å². The van der Waals surface area contributed by atoms with Crippen LogP contribution < -0.4 is 11.1 Å². The molecule has 0 aliphatic rings. The number of benzene rings is 1. The van der Waals surface area contributed by atoms with E-state index in [0.29, 0.717) is 0 Å². The van der Waals surface area contributed by atoms with Crippen LogP contribution >= 0.6 is 0 Å². The molecular formula is C15H19F3N2O5. The Kier molecular flexibility index (Phi) is 8.61. The summed E-state index contributed by atoms with van der Waals surface area (Å²) in [5.74, 6) is -3.77. The van der Waals surface area contributed by atoms with Gasteiger partial charge in [-0.1, -0.05) is 30.3 Å². The topological polar surface area (TPSA) is 119 Å². The van der Waals surface area contributed by atoms with Gasteiger partial charge in [-0.05, 0) is 19.4 Å². The highest BCUT2D eigenvalue weighted by atomic mass is 19.4. The van der Waals surface area contributed by atoms with Crippen LogP contribution in [0.1, 0.15) is 19.4 Å². The molecule has 0 spiro atoms. The van der Waals surface area contributed by atoms with Crippen LogP contribution in [0.2, 0.25) is 0 Å². The quantitative estimate of drug-likeness (QED) is 0.413. The van der Waals surface area contributed by atoms with Gasteiger partial charge in [-0.15, -0.1) is 0 Å². The molecule has 0 saturated heterocycles. The highest BCUT2D eigenvalue weighted by Gasteiger charge is 2.38. The van der Waals surface area contributed by atoms with E-state index in [-0.39, 0.29) is 13.3 Å². The molecule has 1 aromatic carbocycles. The standard InChI is InChI=1S/C13H18N2O3.C2HF3O2/c1-13(2,11(16)15-9-14)12(17)18-8-10-6-4-3-5-7-10;3-2(4,5)1(6)7/h3-7H,8-9,14H2,1-2H3,(H,15,16);(H,6,7). The maximum Gasteiger partial charge on any atom is 0.490 e. The Bertz CT molecular complexity index is 589. The minimum atomic E-state index is -5.08. The maximum absolute atomic E-state index is 11.8. The molecular weight excluding hydrogens is 345 g/mol. The second-order valence-electron chi connectivity index (χ2n) is 5.20. The van der Waals surface area contributed by atoms with E-state index in [0.717, 1.165) is 5.56 Å². The molecule has 0 bridgehead atoms. The van der Waals surface area contributed by atoms with E-state index >= 15 is 0 Å². The Morgan fingerprint density at radius 2 is 1.64 bits per heavy atom. The summed E-state index contributed by atoms with van der Waals surface area (Å²) in [6.45, 7) is 3.16. The summed E-state index contributed by atoms with van der Waals surface area (Å²) in [4.78, 5) is 32.4. The Hall–Kier alpha value is -2.62. The third kappa shape index (κ3) is 8.15. The first kappa shape index (κ1) is 22.4. The molecule has 1 aromatic rings. The van der Waals surface area contributed by atoms with E-state index in [2.05, 4.69) is 5.32 Å². The summed E-state index contributed by atoms with van der Waals surface area (Å²) in [6.07, 6.45) is -5.08. The van der Waals surface area contributed by atoms with Crippen LogP contribution in [0.15, 0.2) is 30.3 Å². The molecule has 0 aliphatic carbocycles. The summed E-state index contributed by atoms with van der Waals surface area (Å²) < 4.78 is 36.9. The number of carboxylic acid groups (broad SMARTS) is 1. The largest absolute Gasteiger partial charge is 0.490 e. The number of carbonyl (C=O) groups is 3. The zero-order valence-corrected chi connectivity index (χ0v) is 13.6. The fraction of sp³-hybridized carbons (Fsp3) is 0.400. The maximum atomic E-state index is 11.8. The summed E-state index contributed by atoms with van der Waals surface area (Å²) in [5.41, 5.74) is 4.84. The molecule has 0 fully saturated rings. The first-order chi connectivity index (χ1) is 11.4. The lowest BCUT2D eigenvalue weighted by Gasteiger charge is -2.21. The molecule has 0 saturated carbocycles. The normalized spacial score (nSPS) is 11.0. The van der Waals surface area contributed by atoms with E-state index in [1.54, 1.807) is 0 Å². The van der Waals surface area contributed by atoms with Crippen molar-refractivity contribution >= 4 is 17.8 Å². The third-order valence-corrected chi connectivity index (χ3v) is 2.80. The van der Waals surface area contributed by atoms with Crippen molar-refractivity contribution in [3.63, 3.8) is 0 Å². The number of hydrogen-bond acceptors (Lipinski definition) is 5. The first-order valence-electron chi connectivity index (χ1n) is 6.92. The van der Waals surface area contributed by atoms with E-state index in [1.807, 2.05) is 30.3 Å². The molecule has 0 aromatic heterocycles. The minimum absolute atomic E-state index is 0.00573. The minimum Gasteiger partial charge on any atom is -0.475 e. The second kappa shape index (κ2) is 9.62. The smallest absolute Gasteiger partial charge is 0.475 e. The lowest BCUT2D eigenvalue weighted by molar-refractivity contribution is -0.192. The summed E-state index contributed by atoms with van der Waals surface area (Å²) in [7, 11) is 0. The van der Waals surface area contributed by atoms with Gasteiger partial charge in [-0.2, -0.15) is 13.2 Å².